The van der Waals surface area contributed by atoms with Crippen molar-refractivity contribution in [1.29, 1.82) is 0 Å². The number of benzene rings is 9. The number of furan rings is 2. The number of hydrogen-bond donors (Lipinski definition) is 0. The SMILES string of the molecule is [2H]c1cc([2H])c([2H])c(-c2ccc(N(c3cc([2H])c(-c4c([2H])cc([2H])c([2H])c4[2H])cc3[2H])c3c([2H])c([2H])c([2H])c4oc5c(cc(-c6c([2H])c([2H])c([2H])c7c6oc6c([2H])c([2H])c([2H])c([2H])c67)c6cc([2H])c([2H])c([2H])c65)c34)c([2H])c2)c1. The topological polar surface area (TPSA) is 29.5 Å². The summed E-state index contributed by atoms with van der Waals surface area (Å²) in [5.74, 6) is 0. The number of hydrogen-bond acceptors (Lipinski definition) is 3. The van der Waals surface area contributed by atoms with Crippen molar-refractivity contribution in [2.75, 3.05) is 4.90 Å². The van der Waals surface area contributed by atoms with Crippen molar-refractivity contribution in [2.24, 2.45) is 0 Å². The fraction of sp³-hybridized carbons (Fsp3) is 0. The smallest absolute Gasteiger partial charge is 0.143 e. The molecule has 2 heterocycles. The van der Waals surface area contributed by atoms with Gasteiger partial charge in [0, 0.05) is 38.5 Å². The summed E-state index contributed by atoms with van der Waals surface area (Å²) in [7, 11) is 0. The van der Waals surface area contributed by atoms with Crippen LogP contribution in [0.4, 0.5) is 17.1 Å². The van der Waals surface area contributed by atoms with Crippen LogP contribution in [0.2, 0.25) is 0 Å². The second kappa shape index (κ2) is 12.6. The summed E-state index contributed by atoms with van der Waals surface area (Å²) >= 11 is 0. The molecule has 11 aromatic rings. The highest BCUT2D eigenvalue weighted by Gasteiger charge is 2.23. The lowest BCUT2D eigenvalue weighted by atomic mass is 9.94. The highest BCUT2D eigenvalue weighted by Crippen LogP contribution is 2.48. The van der Waals surface area contributed by atoms with Gasteiger partial charge in [-0.1, -0.05) is 151 Å². The molecular weight excluding hydrogens is 671 g/mol. The Hall–Kier alpha value is -7.36. The standard InChI is InChI=1S/C52H33NO2/c1-3-13-34(14-4-1)36-25-29-38(30-26-36)53(39-31-27-37(28-32-39)35-15-5-2-6-16-35)47-22-12-24-49-50(47)46-33-45(40-17-7-8-19-42(40)52(46)55-49)44-21-11-20-43-41-18-9-10-23-48(41)54-51(43)44/h1-33H/i1D,3D,5D,6D,7D,8D,9D,10D,11D,12D,13D,14D,15D,18D,19D,20D,21D,22D,23D,24D,25D,30D,31D. The van der Waals surface area contributed by atoms with Crippen molar-refractivity contribution in [2.45, 2.75) is 0 Å². The molecule has 0 fully saturated rings. The normalized spacial score (nSPS) is 17.5. The highest BCUT2D eigenvalue weighted by molar-refractivity contribution is 6.24. The summed E-state index contributed by atoms with van der Waals surface area (Å²) < 4.78 is 217. The molecule has 0 aliphatic carbocycles. The van der Waals surface area contributed by atoms with Gasteiger partial charge in [0.2, 0.25) is 0 Å². The first-order chi connectivity index (χ1) is 36.8. The van der Waals surface area contributed by atoms with E-state index in [0.717, 1.165) is 23.1 Å². The van der Waals surface area contributed by atoms with Crippen molar-refractivity contribution >= 4 is 71.7 Å². The molecule has 0 aliphatic rings. The van der Waals surface area contributed by atoms with Gasteiger partial charge in [0.05, 0.1) is 42.6 Å². The van der Waals surface area contributed by atoms with Crippen LogP contribution in [0, 0.1) is 0 Å². The molecule has 3 nitrogen and oxygen atoms in total. The van der Waals surface area contributed by atoms with E-state index in [2.05, 4.69) is 0 Å². The minimum atomic E-state index is -0.767. The number of anilines is 3. The summed E-state index contributed by atoms with van der Waals surface area (Å²) in [6, 6.07) is -0.116. The van der Waals surface area contributed by atoms with Gasteiger partial charge in [0.15, 0.2) is 0 Å². The monoisotopic (exact) mass is 726 g/mol. The van der Waals surface area contributed by atoms with Crippen LogP contribution in [-0.2, 0) is 0 Å². The predicted octanol–water partition coefficient (Wildman–Crippen LogP) is 15.1. The van der Waals surface area contributed by atoms with E-state index in [9.17, 15) is 11.0 Å². The van der Waals surface area contributed by atoms with Crippen LogP contribution in [0.1, 0.15) is 31.5 Å². The number of para-hydroxylation sites is 2. The van der Waals surface area contributed by atoms with Gasteiger partial charge < -0.3 is 13.7 Å². The van der Waals surface area contributed by atoms with Crippen LogP contribution < -0.4 is 4.90 Å². The first-order valence-electron chi connectivity index (χ1n) is 28.3. The van der Waals surface area contributed by atoms with Crippen molar-refractivity contribution in [3.8, 4) is 33.4 Å². The molecule has 9 aromatic carbocycles. The summed E-state index contributed by atoms with van der Waals surface area (Å²) in [6.45, 7) is 0. The minimum Gasteiger partial charge on any atom is -0.455 e. The van der Waals surface area contributed by atoms with Crippen LogP contribution in [0.25, 0.3) is 88.0 Å². The molecule has 0 unspecified atom stereocenters. The summed E-state index contributed by atoms with van der Waals surface area (Å²) in [5.41, 5.74) is -2.90. The maximum Gasteiger partial charge on any atom is 0.143 e. The predicted molar refractivity (Wildman–Crippen MR) is 229 cm³/mol. The van der Waals surface area contributed by atoms with E-state index in [0.29, 0.717) is 0 Å². The first kappa shape index (κ1) is 15.9. The van der Waals surface area contributed by atoms with E-state index in [1.165, 1.54) is 42.5 Å². The van der Waals surface area contributed by atoms with E-state index in [4.69, 9.17) is 29.4 Å². The van der Waals surface area contributed by atoms with Gasteiger partial charge in [-0.15, -0.1) is 0 Å². The molecule has 2 aromatic heterocycles. The fourth-order valence-corrected chi connectivity index (χ4v) is 6.79. The second-order valence-corrected chi connectivity index (χ2v) is 12.3. The molecule has 0 spiro atoms. The quantitative estimate of drug-likeness (QED) is 0.171. The molecule has 55 heavy (non-hydrogen) atoms. The average molecular weight is 727 g/mol. The zero-order valence-electron chi connectivity index (χ0n) is 51.0. The maximum atomic E-state index is 9.74. The molecule has 258 valence electrons. The van der Waals surface area contributed by atoms with Gasteiger partial charge in [-0.3, -0.25) is 0 Å². The van der Waals surface area contributed by atoms with Gasteiger partial charge in [0.1, 0.15) is 22.3 Å². The molecule has 0 N–H and O–H groups in total. The molecule has 11 rings (SSSR count). The van der Waals surface area contributed by atoms with Crippen molar-refractivity contribution in [1.82, 2.24) is 0 Å². The Morgan fingerprint density at radius 2 is 1.13 bits per heavy atom. The molecule has 0 saturated heterocycles. The van der Waals surface area contributed by atoms with E-state index >= 15 is 0 Å². The van der Waals surface area contributed by atoms with Crippen LogP contribution in [0.15, 0.2) is 208 Å². The third kappa shape index (κ3) is 5.13. The molecule has 0 bridgehead atoms. The van der Waals surface area contributed by atoms with Gasteiger partial charge in [0.25, 0.3) is 0 Å². The highest BCUT2D eigenvalue weighted by atomic mass is 16.3. The van der Waals surface area contributed by atoms with Gasteiger partial charge in [-0.25, -0.2) is 0 Å². The molecular formula is C52H33NO2. The second-order valence-electron chi connectivity index (χ2n) is 12.3. The van der Waals surface area contributed by atoms with Crippen molar-refractivity contribution in [3.05, 3.63) is 200 Å². The first-order valence-corrected chi connectivity index (χ1v) is 16.8. The van der Waals surface area contributed by atoms with Gasteiger partial charge in [-0.05, 0) is 81.6 Å². The summed E-state index contributed by atoms with van der Waals surface area (Å²) in [4.78, 5) is 1.15. The number of nitrogens with zero attached hydrogens (tertiary/aromatic N) is 1. The Morgan fingerprint density at radius 1 is 0.382 bits per heavy atom. The molecule has 0 saturated carbocycles. The largest absolute Gasteiger partial charge is 0.455 e. The zero-order valence-corrected chi connectivity index (χ0v) is 28.0. The van der Waals surface area contributed by atoms with Crippen LogP contribution >= 0.6 is 0 Å². The summed E-state index contributed by atoms with van der Waals surface area (Å²) in [6.07, 6.45) is 0. The molecule has 0 atom stereocenters. The molecule has 0 radical (unpaired) electrons. The number of rotatable bonds is 6. The lowest BCUT2D eigenvalue weighted by molar-refractivity contribution is 0.670. The fourth-order valence-electron chi connectivity index (χ4n) is 6.79. The van der Waals surface area contributed by atoms with E-state index in [1.54, 1.807) is 0 Å². The van der Waals surface area contributed by atoms with Crippen LogP contribution in [0.5, 0.6) is 0 Å². The third-order valence-corrected chi connectivity index (χ3v) is 9.25. The summed E-state index contributed by atoms with van der Waals surface area (Å²) in [5, 5.41) is -1.21. The Balaban J connectivity index is 1.31. The lowest BCUT2D eigenvalue weighted by Gasteiger charge is -2.26. The Kier molecular flexibility index (Phi) is 3.66. The number of fused-ring (bicyclic) bond motifs is 8. The molecule has 0 amide bonds. The maximum absolute atomic E-state index is 9.74. The van der Waals surface area contributed by atoms with E-state index < -0.39 is 138 Å². The van der Waals surface area contributed by atoms with E-state index in [-0.39, 0.29) is 106 Å². The lowest BCUT2D eigenvalue weighted by Crippen LogP contribution is -2.10. The average Bonchev–Trinajstić information content (AvgIpc) is 4.21. The minimum absolute atomic E-state index is 0.0771. The Labute approximate surface area is 350 Å². The van der Waals surface area contributed by atoms with Crippen LogP contribution in [-0.4, -0.2) is 0 Å². The van der Waals surface area contributed by atoms with Gasteiger partial charge >= 0.3 is 0 Å². The Morgan fingerprint density at radius 3 is 2.11 bits per heavy atom. The molecule has 0 aliphatic heterocycles. The zero-order chi connectivity index (χ0) is 56.3. The molecule has 3 heteroatoms. The Bertz CT molecular complexity index is 4570. The van der Waals surface area contributed by atoms with Gasteiger partial charge in [-0.2, -0.15) is 0 Å². The van der Waals surface area contributed by atoms with Crippen LogP contribution in [0.3, 0.4) is 0 Å². The van der Waals surface area contributed by atoms with E-state index in [1.807, 2.05) is 0 Å². The third-order valence-electron chi connectivity index (χ3n) is 9.25. The van der Waals surface area contributed by atoms with Crippen molar-refractivity contribution in [3.63, 3.8) is 0 Å². The van der Waals surface area contributed by atoms with Crippen molar-refractivity contribution < 1.29 is 40.4 Å².